The van der Waals surface area contributed by atoms with Crippen LogP contribution < -0.4 is 15.6 Å². The predicted molar refractivity (Wildman–Crippen MR) is 87.3 cm³/mol. The Morgan fingerprint density at radius 1 is 1.32 bits per heavy atom. The third-order valence-electron chi connectivity index (χ3n) is 4.47. The van der Waals surface area contributed by atoms with E-state index in [4.69, 9.17) is 4.74 Å². The summed E-state index contributed by atoms with van der Waals surface area (Å²) in [6.07, 6.45) is 5.30. The molecule has 1 fully saturated rings. The van der Waals surface area contributed by atoms with Crippen molar-refractivity contribution in [3.8, 4) is 6.01 Å². The van der Waals surface area contributed by atoms with Crippen LogP contribution in [0.2, 0.25) is 0 Å². The molecule has 1 saturated carbocycles. The monoisotopic (exact) mass is 301 g/mol. The third-order valence-corrected chi connectivity index (χ3v) is 4.47. The molecule has 0 spiro atoms. The maximum absolute atomic E-state index is 11.9. The minimum absolute atomic E-state index is 0.160. The highest BCUT2D eigenvalue weighted by Gasteiger charge is 2.27. The van der Waals surface area contributed by atoms with E-state index in [1.54, 1.807) is 6.07 Å². The van der Waals surface area contributed by atoms with Gasteiger partial charge in [0.1, 0.15) is 6.61 Å². The third kappa shape index (κ3) is 3.47. The summed E-state index contributed by atoms with van der Waals surface area (Å²) in [5.41, 5.74) is 0.940. The molecular formula is C17H23N3O2. The second-order valence-electron chi connectivity index (χ2n) is 6.43. The standard InChI is InChI=1S/C17H23N3O2/c1-17(8-4-5-9-17)12-18-10-11-22-16-19-14-7-3-2-6-13(14)15(21)20-16/h2-3,6-7,18H,4-5,8-12H2,1H3,(H,19,20,21). The van der Waals surface area contributed by atoms with Gasteiger partial charge in [-0.05, 0) is 30.4 Å². The van der Waals surface area contributed by atoms with Crippen molar-refractivity contribution in [1.82, 2.24) is 15.3 Å². The van der Waals surface area contributed by atoms with E-state index in [2.05, 4.69) is 22.2 Å². The first-order valence-corrected chi connectivity index (χ1v) is 7.99. The minimum Gasteiger partial charge on any atom is -0.463 e. The van der Waals surface area contributed by atoms with Gasteiger partial charge in [0, 0.05) is 13.1 Å². The Bertz CT molecular complexity index is 690. The minimum atomic E-state index is -0.160. The number of rotatable bonds is 6. The van der Waals surface area contributed by atoms with Crippen LogP contribution in [0.4, 0.5) is 0 Å². The van der Waals surface area contributed by atoms with Crippen molar-refractivity contribution in [1.29, 1.82) is 0 Å². The molecule has 3 rings (SSSR count). The van der Waals surface area contributed by atoms with Gasteiger partial charge < -0.3 is 10.1 Å². The highest BCUT2D eigenvalue weighted by Crippen LogP contribution is 2.36. The number of benzene rings is 1. The smallest absolute Gasteiger partial charge is 0.297 e. The van der Waals surface area contributed by atoms with Crippen LogP contribution in [0.3, 0.4) is 0 Å². The summed E-state index contributed by atoms with van der Waals surface area (Å²) in [4.78, 5) is 18.9. The van der Waals surface area contributed by atoms with Crippen molar-refractivity contribution in [2.45, 2.75) is 32.6 Å². The van der Waals surface area contributed by atoms with E-state index in [1.807, 2.05) is 18.2 Å². The van der Waals surface area contributed by atoms with E-state index in [-0.39, 0.29) is 11.6 Å². The first-order valence-electron chi connectivity index (χ1n) is 7.99. The lowest BCUT2D eigenvalue weighted by Crippen LogP contribution is -2.32. The molecule has 0 bridgehead atoms. The van der Waals surface area contributed by atoms with Crippen molar-refractivity contribution < 1.29 is 4.74 Å². The summed E-state index contributed by atoms with van der Waals surface area (Å²) in [5, 5.41) is 4.03. The average Bonchev–Trinajstić information content (AvgIpc) is 2.94. The lowest BCUT2D eigenvalue weighted by molar-refractivity contribution is 0.266. The van der Waals surface area contributed by atoms with Gasteiger partial charge in [-0.3, -0.25) is 9.78 Å². The second-order valence-corrected chi connectivity index (χ2v) is 6.43. The van der Waals surface area contributed by atoms with Crippen LogP contribution in [-0.2, 0) is 0 Å². The molecule has 1 aromatic carbocycles. The molecule has 5 nitrogen and oxygen atoms in total. The Balaban J connectivity index is 1.50. The zero-order valence-electron chi connectivity index (χ0n) is 13.0. The molecule has 0 aliphatic heterocycles. The Morgan fingerprint density at radius 2 is 2.09 bits per heavy atom. The largest absolute Gasteiger partial charge is 0.463 e. The fraction of sp³-hybridized carbons (Fsp3) is 0.529. The first-order chi connectivity index (χ1) is 10.7. The lowest BCUT2D eigenvalue weighted by atomic mass is 9.89. The summed E-state index contributed by atoms with van der Waals surface area (Å²) in [6, 6.07) is 7.55. The van der Waals surface area contributed by atoms with E-state index >= 15 is 0 Å². The molecule has 1 heterocycles. The van der Waals surface area contributed by atoms with Gasteiger partial charge in [-0.25, -0.2) is 0 Å². The van der Waals surface area contributed by atoms with Crippen molar-refractivity contribution in [2.75, 3.05) is 19.7 Å². The van der Waals surface area contributed by atoms with Gasteiger partial charge >= 0.3 is 0 Å². The summed E-state index contributed by atoms with van der Waals surface area (Å²) >= 11 is 0. The predicted octanol–water partition coefficient (Wildman–Crippen LogP) is 2.47. The topological polar surface area (TPSA) is 67.0 Å². The number of ether oxygens (including phenoxy) is 1. The van der Waals surface area contributed by atoms with Crippen molar-refractivity contribution in [3.63, 3.8) is 0 Å². The molecule has 2 N–H and O–H groups in total. The van der Waals surface area contributed by atoms with Gasteiger partial charge in [0.2, 0.25) is 0 Å². The van der Waals surface area contributed by atoms with Crippen LogP contribution in [0.15, 0.2) is 29.1 Å². The zero-order valence-corrected chi connectivity index (χ0v) is 13.0. The van der Waals surface area contributed by atoms with Gasteiger partial charge in [0.25, 0.3) is 11.6 Å². The molecule has 1 aromatic heterocycles. The number of nitrogens with one attached hydrogen (secondary N) is 2. The van der Waals surface area contributed by atoms with E-state index in [1.165, 1.54) is 25.7 Å². The Labute approximate surface area is 130 Å². The van der Waals surface area contributed by atoms with Crippen molar-refractivity contribution in [3.05, 3.63) is 34.6 Å². The van der Waals surface area contributed by atoms with Crippen LogP contribution in [0.5, 0.6) is 6.01 Å². The summed E-state index contributed by atoms with van der Waals surface area (Å²) in [7, 11) is 0. The van der Waals surface area contributed by atoms with Crippen molar-refractivity contribution >= 4 is 10.9 Å². The summed E-state index contributed by atoms with van der Waals surface area (Å²) < 4.78 is 5.56. The second kappa shape index (κ2) is 6.48. The van der Waals surface area contributed by atoms with Crippen LogP contribution in [0, 0.1) is 5.41 Å². The molecule has 22 heavy (non-hydrogen) atoms. The van der Waals surface area contributed by atoms with E-state index in [0.717, 1.165) is 13.1 Å². The average molecular weight is 301 g/mol. The fourth-order valence-electron chi connectivity index (χ4n) is 3.15. The van der Waals surface area contributed by atoms with Gasteiger partial charge in [0.05, 0.1) is 10.9 Å². The molecule has 0 radical (unpaired) electrons. The van der Waals surface area contributed by atoms with Crippen LogP contribution in [-0.4, -0.2) is 29.7 Å². The van der Waals surface area contributed by atoms with Crippen LogP contribution in [0.25, 0.3) is 10.9 Å². The maximum Gasteiger partial charge on any atom is 0.297 e. The Kier molecular flexibility index (Phi) is 4.43. The van der Waals surface area contributed by atoms with E-state index in [9.17, 15) is 4.79 Å². The molecule has 0 atom stereocenters. The number of fused-ring (bicyclic) bond motifs is 1. The van der Waals surface area contributed by atoms with Gasteiger partial charge in [-0.1, -0.05) is 31.9 Å². The fourth-order valence-corrected chi connectivity index (χ4v) is 3.15. The number of para-hydroxylation sites is 1. The maximum atomic E-state index is 11.9. The van der Waals surface area contributed by atoms with Gasteiger partial charge in [-0.15, -0.1) is 0 Å². The normalized spacial score (nSPS) is 17.0. The number of hydrogen-bond donors (Lipinski definition) is 2. The molecule has 0 unspecified atom stereocenters. The Morgan fingerprint density at radius 3 is 2.91 bits per heavy atom. The Hall–Kier alpha value is -1.88. The molecule has 5 heteroatoms. The highest BCUT2D eigenvalue weighted by atomic mass is 16.5. The summed E-state index contributed by atoms with van der Waals surface area (Å²) in [5.74, 6) is 0. The zero-order chi connectivity index (χ0) is 15.4. The van der Waals surface area contributed by atoms with Gasteiger partial charge in [-0.2, -0.15) is 4.98 Å². The number of hydrogen-bond acceptors (Lipinski definition) is 4. The molecule has 0 saturated heterocycles. The lowest BCUT2D eigenvalue weighted by Gasteiger charge is -2.23. The highest BCUT2D eigenvalue weighted by molar-refractivity contribution is 5.77. The van der Waals surface area contributed by atoms with Gasteiger partial charge in [0.15, 0.2) is 0 Å². The number of nitrogens with zero attached hydrogens (tertiary/aromatic N) is 1. The van der Waals surface area contributed by atoms with Crippen LogP contribution >= 0.6 is 0 Å². The molecule has 1 aliphatic rings. The summed E-state index contributed by atoms with van der Waals surface area (Å²) in [6.45, 7) is 4.62. The van der Waals surface area contributed by atoms with Crippen LogP contribution in [0.1, 0.15) is 32.6 Å². The molecule has 1 aliphatic carbocycles. The van der Waals surface area contributed by atoms with Crippen molar-refractivity contribution in [2.24, 2.45) is 5.41 Å². The van der Waals surface area contributed by atoms with E-state index < -0.39 is 0 Å². The molecule has 0 amide bonds. The quantitative estimate of drug-likeness (QED) is 0.804. The first kappa shape index (κ1) is 15.0. The molecular weight excluding hydrogens is 278 g/mol. The van der Waals surface area contributed by atoms with E-state index in [0.29, 0.717) is 22.9 Å². The molecule has 118 valence electrons. The SMILES string of the molecule is CC1(CNCCOc2nc3ccccc3c(=O)[nH]2)CCCC1. The molecule has 2 aromatic rings. The number of aromatic nitrogens is 2. The number of aromatic amines is 1. The number of H-pyrrole nitrogens is 1.